The van der Waals surface area contributed by atoms with Gasteiger partial charge in [-0.1, -0.05) is 0 Å². The Morgan fingerprint density at radius 3 is 2.83 bits per heavy atom. The largest absolute Gasteiger partial charge is 0.383 e. The third-order valence-electron chi connectivity index (χ3n) is 2.43. The molecule has 0 bridgehead atoms. The summed E-state index contributed by atoms with van der Waals surface area (Å²) in [5.41, 5.74) is 6.14. The van der Waals surface area contributed by atoms with Crippen molar-refractivity contribution >= 4 is 37.5 Å². The number of aromatic nitrogens is 2. The number of pyridine rings is 1. The first-order valence-electron chi connectivity index (χ1n) is 4.95. The normalized spacial score (nSPS) is 11.4. The number of hydrogen-bond donors (Lipinski definition) is 2. The predicted octanol–water partition coefficient (Wildman–Crippen LogP) is 1.58. The van der Waals surface area contributed by atoms with Crippen LogP contribution in [0.5, 0.6) is 0 Å². The maximum absolute atomic E-state index is 12.4. The summed E-state index contributed by atoms with van der Waals surface area (Å²) in [5, 5.41) is 0. The number of nitrogens with one attached hydrogen (secondary N) is 1. The highest BCUT2D eigenvalue weighted by molar-refractivity contribution is 9.10. The van der Waals surface area contributed by atoms with E-state index >= 15 is 0 Å². The van der Waals surface area contributed by atoms with Crippen LogP contribution >= 0.6 is 15.9 Å². The van der Waals surface area contributed by atoms with Crippen molar-refractivity contribution in [2.24, 2.45) is 0 Å². The Hall–Kier alpha value is -1.54. The van der Waals surface area contributed by atoms with Gasteiger partial charge in [0.1, 0.15) is 10.7 Å². The first-order valence-corrected chi connectivity index (χ1v) is 7.19. The smallest absolute Gasteiger partial charge is 0.267 e. The van der Waals surface area contributed by atoms with Gasteiger partial charge >= 0.3 is 0 Å². The van der Waals surface area contributed by atoms with Crippen LogP contribution in [0.25, 0.3) is 0 Å². The lowest BCUT2D eigenvalue weighted by Crippen LogP contribution is -2.27. The van der Waals surface area contributed by atoms with Crippen molar-refractivity contribution in [3.05, 3.63) is 35.2 Å². The maximum Gasteiger partial charge on any atom is 0.267 e. The summed E-state index contributed by atoms with van der Waals surface area (Å²) in [5.74, 6) is -0.0272. The molecule has 2 heterocycles. The van der Waals surface area contributed by atoms with Gasteiger partial charge in [-0.3, -0.25) is 4.31 Å². The fourth-order valence-corrected chi connectivity index (χ4v) is 3.20. The topological polar surface area (TPSA) is 92.1 Å². The van der Waals surface area contributed by atoms with Crippen molar-refractivity contribution in [1.82, 2.24) is 9.97 Å². The van der Waals surface area contributed by atoms with Crippen molar-refractivity contribution in [2.75, 3.05) is 17.1 Å². The van der Waals surface area contributed by atoms with Gasteiger partial charge in [-0.25, -0.2) is 13.4 Å². The Kier molecular flexibility index (Phi) is 3.31. The molecule has 0 saturated heterocycles. The number of aromatic amines is 1. The molecule has 2 aromatic rings. The van der Waals surface area contributed by atoms with Gasteiger partial charge in [-0.15, -0.1) is 0 Å². The molecule has 96 valence electrons. The second-order valence-corrected chi connectivity index (χ2v) is 6.43. The minimum Gasteiger partial charge on any atom is -0.383 e. The summed E-state index contributed by atoms with van der Waals surface area (Å²) < 4.78 is 26.4. The van der Waals surface area contributed by atoms with Crippen LogP contribution in [0.15, 0.2) is 40.1 Å². The first-order chi connectivity index (χ1) is 8.43. The van der Waals surface area contributed by atoms with E-state index in [1.807, 2.05) is 0 Å². The number of hydrogen-bond acceptors (Lipinski definition) is 4. The molecule has 2 aromatic heterocycles. The molecule has 0 unspecified atom stereocenters. The molecule has 18 heavy (non-hydrogen) atoms. The van der Waals surface area contributed by atoms with Crippen LogP contribution in [0.1, 0.15) is 0 Å². The fourth-order valence-electron chi connectivity index (χ4n) is 1.44. The van der Waals surface area contributed by atoms with Gasteiger partial charge in [0.2, 0.25) is 0 Å². The molecule has 0 radical (unpaired) electrons. The third kappa shape index (κ3) is 2.21. The molecule has 0 aliphatic heterocycles. The number of H-pyrrole nitrogens is 1. The summed E-state index contributed by atoms with van der Waals surface area (Å²) in [6, 6.07) is 3.08. The van der Waals surface area contributed by atoms with Gasteiger partial charge < -0.3 is 10.7 Å². The van der Waals surface area contributed by atoms with E-state index in [0.717, 1.165) is 4.31 Å². The van der Waals surface area contributed by atoms with E-state index < -0.39 is 10.0 Å². The molecule has 0 atom stereocenters. The van der Waals surface area contributed by atoms with Crippen LogP contribution in [0.4, 0.5) is 11.5 Å². The quantitative estimate of drug-likeness (QED) is 0.893. The van der Waals surface area contributed by atoms with Gasteiger partial charge in [0.15, 0.2) is 0 Å². The minimum atomic E-state index is -3.72. The van der Waals surface area contributed by atoms with Gasteiger partial charge in [0.05, 0.1) is 5.69 Å². The Morgan fingerprint density at radius 2 is 2.22 bits per heavy atom. The Balaban J connectivity index is 2.52. The number of nitrogens with two attached hydrogens (primary N) is 1. The third-order valence-corrected chi connectivity index (χ3v) is 4.68. The van der Waals surface area contributed by atoms with Gasteiger partial charge in [-0.2, -0.15) is 0 Å². The molecule has 6 nitrogen and oxygen atoms in total. The summed E-state index contributed by atoms with van der Waals surface area (Å²) >= 11 is 3.18. The fraction of sp³-hybridized carbons (Fsp3) is 0.100. The number of sulfonamides is 1. The number of nitrogens with zero attached hydrogens (tertiary/aromatic N) is 2. The highest BCUT2D eigenvalue weighted by Crippen LogP contribution is 2.26. The molecule has 0 spiro atoms. The monoisotopic (exact) mass is 330 g/mol. The lowest BCUT2D eigenvalue weighted by molar-refractivity contribution is 0.594. The number of nitrogen functional groups attached to an aromatic ring is 1. The molecule has 0 saturated carbocycles. The Bertz CT molecular complexity index is 655. The SMILES string of the molecule is CN(c1cc[nH]c1)S(=O)(=O)c1cc(Br)cnc1N. The van der Waals surface area contributed by atoms with E-state index in [4.69, 9.17) is 5.73 Å². The van der Waals surface area contributed by atoms with E-state index in [0.29, 0.717) is 10.2 Å². The molecule has 0 aromatic carbocycles. The van der Waals surface area contributed by atoms with Crippen LogP contribution < -0.4 is 10.0 Å². The standard InChI is InChI=1S/C10H11BrN4O2S/c1-15(8-2-3-13-6-8)18(16,17)9-4-7(11)5-14-10(9)12/h2-6,13H,1H3,(H2,12,14). The highest BCUT2D eigenvalue weighted by atomic mass is 79.9. The second-order valence-electron chi connectivity index (χ2n) is 3.58. The molecule has 0 fully saturated rings. The van der Waals surface area contributed by atoms with Crippen molar-refractivity contribution in [3.8, 4) is 0 Å². The van der Waals surface area contributed by atoms with E-state index in [1.54, 1.807) is 18.5 Å². The average Bonchev–Trinajstić information content (AvgIpc) is 2.84. The number of rotatable bonds is 3. The molecule has 8 heteroatoms. The van der Waals surface area contributed by atoms with Crippen LogP contribution in [0.2, 0.25) is 0 Å². The Labute approximate surface area is 113 Å². The second kappa shape index (κ2) is 4.62. The maximum atomic E-state index is 12.4. The zero-order valence-electron chi connectivity index (χ0n) is 9.46. The van der Waals surface area contributed by atoms with Crippen LogP contribution in [0.3, 0.4) is 0 Å². The summed E-state index contributed by atoms with van der Waals surface area (Å²) in [4.78, 5) is 6.60. The van der Waals surface area contributed by atoms with Crippen molar-refractivity contribution < 1.29 is 8.42 Å². The highest BCUT2D eigenvalue weighted by Gasteiger charge is 2.25. The number of anilines is 2. The molecule has 0 amide bonds. The lowest BCUT2D eigenvalue weighted by atomic mass is 10.5. The molecule has 0 aliphatic carbocycles. The van der Waals surface area contributed by atoms with Gasteiger partial charge in [0.25, 0.3) is 10.0 Å². The van der Waals surface area contributed by atoms with E-state index in [1.165, 1.54) is 19.3 Å². The summed E-state index contributed by atoms with van der Waals surface area (Å²) in [7, 11) is -2.26. The summed E-state index contributed by atoms with van der Waals surface area (Å²) in [6.45, 7) is 0. The first kappa shape index (κ1) is 12.9. The van der Waals surface area contributed by atoms with Gasteiger partial charge in [0, 0.05) is 30.1 Å². The molecule has 3 N–H and O–H groups in total. The minimum absolute atomic E-state index is 0.0272. The van der Waals surface area contributed by atoms with Crippen LogP contribution in [-0.4, -0.2) is 25.4 Å². The van der Waals surface area contributed by atoms with E-state index in [-0.39, 0.29) is 10.7 Å². The van der Waals surface area contributed by atoms with Crippen molar-refractivity contribution in [1.29, 1.82) is 0 Å². The van der Waals surface area contributed by atoms with E-state index in [9.17, 15) is 8.42 Å². The molecule has 0 aliphatic rings. The van der Waals surface area contributed by atoms with Crippen LogP contribution in [0, 0.1) is 0 Å². The van der Waals surface area contributed by atoms with Crippen molar-refractivity contribution in [2.45, 2.75) is 4.90 Å². The zero-order valence-corrected chi connectivity index (χ0v) is 11.9. The van der Waals surface area contributed by atoms with Gasteiger partial charge in [-0.05, 0) is 28.1 Å². The van der Waals surface area contributed by atoms with Crippen molar-refractivity contribution in [3.63, 3.8) is 0 Å². The zero-order chi connectivity index (χ0) is 13.3. The average molecular weight is 331 g/mol. The Morgan fingerprint density at radius 1 is 1.50 bits per heavy atom. The molecular weight excluding hydrogens is 320 g/mol. The lowest BCUT2D eigenvalue weighted by Gasteiger charge is -2.18. The molecule has 2 rings (SSSR count). The van der Waals surface area contributed by atoms with Crippen LogP contribution in [-0.2, 0) is 10.0 Å². The predicted molar refractivity (Wildman–Crippen MR) is 72.7 cm³/mol. The summed E-state index contributed by atoms with van der Waals surface area (Å²) in [6.07, 6.45) is 4.67. The molecular formula is C10H11BrN4O2S. The number of halogens is 1. The van der Waals surface area contributed by atoms with E-state index in [2.05, 4.69) is 25.9 Å².